The second kappa shape index (κ2) is 9.03. The summed E-state index contributed by atoms with van der Waals surface area (Å²) in [6.45, 7) is 6.21. The number of hydrogen-bond acceptors (Lipinski definition) is 5. The molecule has 1 saturated carbocycles. The van der Waals surface area contributed by atoms with Crippen LogP contribution in [-0.2, 0) is 14.3 Å². The summed E-state index contributed by atoms with van der Waals surface area (Å²) in [7, 11) is 4.05. The van der Waals surface area contributed by atoms with Crippen LogP contribution in [0.5, 0.6) is 5.75 Å². The Bertz CT molecular complexity index is 861. The van der Waals surface area contributed by atoms with Crippen molar-refractivity contribution in [3.63, 3.8) is 0 Å². The molecule has 0 radical (unpaired) electrons. The average molecular weight is 427 g/mol. The molecule has 4 rings (SSSR count). The van der Waals surface area contributed by atoms with E-state index in [4.69, 9.17) is 9.47 Å². The highest BCUT2D eigenvalue weighted by atomic mass is 16.5. The number of fused-ring (bicyclic) bond motifs is 1. The highest BCUT2D eigenvalue weighted by Crippen LogP contribution is 2.47. The lowest BCUT2D eigenvalue weighted by atomic mass is 9.74. The normalized spacial score (nSPS) is 28.0. The van der Waals surface area contributed by atoms with Crippen molar-refractivity contribution in [1.29, 1.82) is 0 Å². The van der Waals surface area contributed by atoms with Gasteiger partial charge >= 0.3 is 0 Å². The Morgan fingerprint density at radius 3 is 2.58 bits per heavy atom. The molecular weight excluding hydrogens is 392 g/mol. The quantitative estimate of drug-likeness (QED) is 0.667. The molecule has 0 saturated heterocycles. The van der Waals surface area contributed by atoms with E-state index in [2.05, 4.69) is 11.8 Å². The van der Waals surface area contributed by atoms with Gasteiger partial charge in [0.1, 0.15) is 11.9 Å². The minimum Gasteiger partial charge on any atom is -0.494 e. The summed E-state index contributed by atoms with van der Waals surface area (Å²) >= 11 is 0. The van der Waals surface area contributed by atoms with Crippen LogP contribution in [0.2, 0.25) is 0 Å². The van der Waals surface area contributed by atoms with E-state index in [1.165, 1.54) is 0 Å². The topological polar surface area (TPSA) is 59.1 Å². The maximum atomic E-state index is 13.7. The summed E-state index contributed by atoms with van der Waals surface area (Å²) in [5.41, 5.74) is 1.50. The standard InChI is InChI=1S/C25H34N2O4/c1-5-30-18-10-8-17(9-11-18)22-21-23(28)19-15-16(2)7-12-20(19)31-24(21)25(29)27(22)14-6-13-26(3)4/h8-11,16,19-20,22H,5-7,12-15H2,1-4H3. The molecule has 2 heterocycles. The van der Waals surface area contributed by atoms with Crippen LogP contribution in [0.25, 0.3) is 0 Å². The molecule has 1 amide bonds. The van der Waals surface area contributed by atoms with Crippen molar-refractivity contribution in [1.82, 2.24) is 9.80 Å². The number of amides is 1. The minimum atomic E-state index is -0.383. The van der Waals surface area contributed by atoms with Crippen molar-refractivity contribution in [2.75, 3.05) is 33.8 Å². The van der Waals surface area contributed by atoms with Gasteiger partial charge in [0, 0.05) is 6.54 Å². The van der Waals surface area contributed by atoms with Gasteiger partial charge in [-0.05, 0) is 76.9 Å². The summed E-state index contributed by atoms with van der Waals surface area (Å²) < 4.78 is 11.8. The number of ketones is 1. The molecular formula is C25H34N2O4. The Balaban J connectivity index is 1.68. The first-order valence-electron chi connectivity index (χ1n) is 11.5. The second-order valence-corrected chi connectivity index (χ2v) is 9.35. The summed E-state index contributed by atoms with van der Waals surface area (Å²) in [5.74, 6) is 1.43. The maximum Gasteiger partial charge on any atom is 0.290 e. The van der Waals surface area contributed by atoms with Crippen molar-refractivity contribution >= 4 is 11.7 Å². The van der Waals surface area contributed by atoms with Crippen molar-refractivity contribution in [2.45, 2.75) is 51.7 Å². The van der Waals surface area contributed by atoms with Gasteiger partial charge in [-0.2, -0.15) is 0 Å². The molecule has 6 heteroatoms. The molecule has 0 spiro atoms. The maximum absolute atomic E-state index is 13.7. The van der Waals surface area contributed by atoms with Gasteiger partial charge < -0.3 is 19.3 Å². The number of carbonyl (C=O) groups excluding carboxylic acids is 2. The lowest BCUT2D eigenvalue weighted by Crippen LogP contribution is -2.41. The molecule has 1 aromatic carbocycles. The molecule has 1 fully saturated rings. The minimum absolute atomic E-state index is 0.111. The fourth-order valence-electron chi connectivity index (χ4n) is 5.17. The van der Waals surface area contributed by atoms with Gasteiger partial charge in [0.05, 0.1) is 24.1 Å². The third-order valence-electron chi connectivity index (χ3n) is 6.72. The van der Waals surface area contributed by atoms with Crippen LogP contribution in [-0.4, -0.2) is 61.4 Å². The summed E-state index contributed by atoms with van der Waals surface area (Å²) in [6.07, 6.45) is 3.40. The first-order valence-corrected chi connectivity index (χ1v) is 11.5. The molecule has 0 N–H and O–H groups in total. The van der Waals surface area contributed by atoms with Crippen molar-refractivity contribution in [3.05, 3.63) is 41.2 Å². The summed E-state index contributed by atoms with van der Waals surface area (Å²) in [5, 5.41) is 0. The van der Waals surface area contributed by atoms with Gasteiger partial charge in [0.2, 0.25) is 0 Å². The number of ether oxygens (including phenoxy) is 2. The third-order valence-corrected chi connectivity index (χ3v) is 6.72. The van der Waals surface area contributed by atoms with E-state index in [-0.39, 0.29) is 29.8 Å². The lowest BCUT2D eigenvalue weighted by molar-refractivity contribution is -0.136. The number of nitrogens with zero attached hydrogens (tertiary/aromatic N) is 2. The molecule has 4 atom stereocenters. The zero-order chi connectivity index (χ0) is 22.1. The number of Topliss-reactive ketones (excluding diaryl/α,β-unsaturated/α-hetero) is 1. The fraction of sp³-hybridized carbons (Fsp3) is 0.600. The van der Waals surface area contributed by atoms with E-state index in [0.29, 0.717) is 30.4 Å². The third kappa shape index (κ3) is 4.22. The monoisotopic (exact) mass is 426 g/mol. The van der Waals surface area contributed by atoms with E-state index >= 15 is 0 Å². The Morgan fingerprint density at radius 2 is 1.90 bits per heavy atom. The largest absolute Gasteiger partial charge is 0.494 e. The molecule has 3 aliphatic rings. The summed E-state index contributed by atoms with van der Waals surface area (Å²) in [4.78, 5) is 31.0. The molecule has 1 aromatic rings. The van der Waals surface area contributed by atoms with Crippen LogP contribution in [0, 0.1) is 11.8 Å². The molecule has 4 unspecified atom stereocenters. The van der Waals surface area contributed by atoms with Crippen LogP contribution in [0.3, 0.4) is 0 Å². The van der Waals surface area contributed by atoms with Crippen molar-refractivity contribution in [3.8, 4) is 5.75 Å². The number of hydrogen-bond donors (Lipinski definition) is 0. The molecule has 0 aromatic heterocycles. The van der Waals surface area contributed by atoms with Gasteiger partial charge in [-0.3, -0.25) is 9.59 Å². The van der Waals surface area contributed by atoms with Gasteiger partial charge in [0.15, 0.2) is 11.5 Å². The number of carbonyl (C=O) groups is 2. The molecule has 168 valence electrons. The molecule has 1 aliphatic carbocycles. The zero-order valence-electron chi connectivity index (χ0n) is 19.1. The van der Waals surface area contributed by atoms with Gasteiger partial charge in [-0.15, -0.1) is 0 Å². The van der Waals surface area contributed by atoms with E-state index in [0.717, 1.165) is 43.5 Å². The smallest absolute Gasteiger partial charge is 0.290 e. The Labute approximate surface area is 185 Å². The Hall–Kier alpha value is -2.34. The van der Waals surface area contributed by atoms with Crippen LogP contribution in [0.1, 0.15) is 51.1 Å². The number of benzene rings is 1. The second-order valence-electron chi connectivity index (χ2n) is 9.35. The Kier molecular flexibility index (Phi) is 6.37. The highest BCUT2D eigenvalue weighted by molar-refractivity contribution is 6.11. The van der Waals surface area contributed by atoms with E-state index in [1.807, 2.05) is 50.2 Å². The lowest BCUT2D eigenvalue weighted by Gasteiger charge is -2.37. The van der Waals surface area contributed by atoms with Crippen LogP contribution < -0.4 is 4.74 Å². The van der Waals surface area contributed by atoms with Gasteiger partial charge in [0.25, 0.3) is 5.91 Å². The first-order chi connectivity index (χ1) is 14.9. The first kappa shape index (κ1) is 21.9. The van der Waals surface area contributed by atoms with Gasteiger partial charge in [-0.1, -0.05) is 19.1 Å². The predicted octanol–water partition coefficient (Wildman–Crippen LogP) is 3.58. The SMILES string of the molecule is CCOc1ccc(C2C3=C(OC4CCC(C)CC4C3=O)C(=O)N2CCCN(C)C)cc1. The van der Waals surface area contributed by atoms with E-state index < -0.39 is 0 Å². The number of rotatable bonds is 7. The van der Waals surface area contributed by atoms with E-state index in [9.17, 15) is 9.59 Å². The van der Waals surface area contributed by atoms with Crippen LogP contribution >= 0.6 is 0 Å². The fourth-order valence-corrected chi connectivity index (χ4v) is 5.17. The molecule has 0 bridgehead atoms. The Morgan fingerprint density at radius 1 is 1.16 bits per heavy atom. The van der Waals surface area contributed by atoms with E-state index in [1.54, 1.807) is 0 Å². The highest BCUT2D eigenvalue weighted by Gasteiger charge is 2.52. The van der Waals surface area contributed by atoms with Crippen molar-refractivity contribution in [2.24, 2.45) is 11.8 Å². The molecule has 31 heavy (non-hydrogen) atoms. The zero-order valence-corrected chi connectivity index (χ0v) is 19.1. The van der Waals surface area contributed by atoms with Crippen molar-refractivity contribution < 1.29 is 19.1 Å². The van der Waals surface area contributed by atoms with Gasteiger partial charge in [-0.25, -0.2) is 0 Å². The average Bonchev–Trinajstić information content (AvgIpc) is 3.02. The molecule has 2 aliphatic heterocycles. The molecule has 6 nitrogen and oxygen atoms in total. The van der Waals surface area contributed by atoms with Crippen LogP contribution in [0.15, 0.2) is 35.6 Å². The van der Waals surface area contributed by atoms with Crippen LogP contribution in [0.4, 0.5) is 0 Å². The summed E-state index contributed by atoms with van der Waals surface area (Å²) in [6, 6.07) is 7.39. The predicted molar refractivity (Wildman–Crippen MR) is 119 cm³/mol.